The van der Waals surface area contributed by atoms with Crippen LogP contribution in [0.3, 0.4) is 0 Å². The molecule has 0 aliphatic rings. The van der Waals surface area contributed by atoms with E-state index in [2.05, 4.69) is 11.1 Å². The molecule has 31 heavy (non-hydrogen) atoms. The van der Waals surface area contributed by atoms with E-state index >= 15 is 0 Å². The standard InChI is InChI=1S/C23H12ClF3N2OS/c24-19-8-6-16(23(25,26)27)11-18(19)21-9-7-17(30-21)10-15(12-28)22-29-20(13-31-22)14-4-2-1-3-5-14/h1-11,13H/b15-10+. The average molecular weight is 457 g/mol. The second-order valence-electron chi connectivity index (χ2n) is 6.47. The molecular weight excluding hydrogens is 445 g/mol. The minimum absolute atomic E-state index is 0.121. The zero-order valence-electron chi connectivity index (χ0n) is 15.7. The first-order chi connectivity index (χ1) is 14.8. The summed E-state index contributed by atoms with van der Waals surface area (Å²) in [5, 5.41) is 12.1. The van der Waals surface area contributed by atoms with Gasteiger partial charge in [0.1, 0.15) is 22.6 Å². The van der Waals surface area contributed by atoms with E-state index in [1.807, 2.05) is 35.7 Å². The number of hydrogen-bond acceptors (Lipinski definition) is 4. The van der Waals surface area contributed by atoms with Crippen molar-refractivity contribution in [1.82, 2.24) is 4.98 Å². The van der Waals surface area contributed by atoms with Gasteiger partial charge in [-0.3, -0.25) is 0 Å². The molecule has 8 heteroatoms. The Hall–Kier alpha value is -3.34. The molecule has 0 saturated carbocycles. The number of nitriles is 1. The van der Waals surface area contributed by atoms with E-state index in [4.69, 9.17) is 16.0 Å². The number of rotatable bonds is 4. The van der Waals surface area contributed by atoms with Gasteiger partial charge < -0.3 is 4.42 Å². The minimum atomic E-state index is -4.50. The summed E-state index contributed by atoms with van der Waals surface area (Å²) < 4.78 is 44.7. The number of nitrogens with zero attached hydrogens (tertiary/aromatic N) is 2. The maximum atomic E-state index is 13.0. The molecule has 0 bridgehead atoms. The summed E-state index contributed by atoms with van der Waals surface area (Å²) in [6.45, 7) is 0. The molecule has 2 aromatic heterocycles. The van der Waals surface area contributed by atoms with Crippen molar-refractivity contribution in [3.05, 3.63) is 87.4 Å². The Balaban J connectivity index is 1.65. The summed E-state index contributed by atoms with van der Waals surface area (Å²) >= 11 is 7.39. The number of hydrogen-bond donors (Lipinski definition) is 0. The summed E-state index contributed by atoms with van der Waals surface area (Å²) in [6.07, 6.45) is -3.00. The molecule has 2 heterocycles. The lowest BCUT2D eigenvalue weighted by molar-refractivity contribution is -0.137. The number of halogens is 4. The molecule has 0 spiro atoms. The highest BCUT2D eigenvalue weighted by molar-refractivity contribution is 7.11. The maximum absolute atomic E-state index is 13.0. The number of alkyl halides is 3. The van der Waals surface area contributed by atoms with Crippen LogP contribution in [-0.4, -0.2) is 4.98 Å². The van der Waals surface area contributed by atoms with Crippen LogP contribution in [0.4, 0.5) is 13.2 Å². The van der Waals surface area contributed by atoms with Crippen molar-refractivity contribution in [1.29, 1.82) is 5.26 Å². The van der Waals surface area contributed by atoms with E-state index in [0.29, 0.717) is 10.8 Å². The van der Waals surface area contributed by atoms with Gasteiger partial charge in [-0.1, -0.05) is 41.9 Å². The predicted molar refractivity (Wildman–Crippen MR) is 115 cm³/mol. The first kappa shape index (κ1) is 20.9. The summed E-state index contributed by atoms with van der Waals surface area (Å²) in [6, 6.07) is 17.8. The highest BCUT2D eigenvalue weighted by Gasteiger charge is 2.31. The third-order valence-electron chi connectivity index (χ3n) is 4.40. The van der Waals surface area contributed by atoms with Crippen molar-refractivity contribution in [3.63, 3.8) is 0 Å². The van der Waals surface area contributed by atoms with E-state index < -0.39 is 11.7 Å². The van der Waals surface area contributed by atoms with Gasteiger partial charge >= 0.3 is 6.18 Å². The highest BCUT2D eigenvalue weighted by Crippen LogP contribution is 2.37. The second-order valence-corrected chi connectivity index (χ2v) is 7.73. The van der Waals surface area contributed by atoms with E-state index in [-0.39, 0.29) is 21.9 Å². The van der Waals surface area contributed by atoms with Crippen molar-refractivity contribution in [2.45, 2.75) is 6.18 Å². The van der Waals surface area contributed by atoms with Gasteiger partial charge in [0.05, 0.1) is 21.9 Å². The molecule has 0 radical (unpaired) electrons. The fraction of sp³-hybridized carbons (Fsp3) is 0.0435. The Labute approximate surface area is 184 Å². The zero-order valence-corrected chi connectivity index (χ0v) is 17.2. The lowest BCUT2D eigenvalue weighted by Gasteiger charge is -2.09. The van der Waals surface area contributed by atoms with Crippen molar-refractivity contribution in [2.75, 3.05) is 0 Å². The van der Waals surface area contributed by atoms with Crippen molar-refractivity contribution < 1.29 is 17.6 Å². The number of allylic oxidation sites excluding steroid dienone is 1. The van der Waals surface area contributed by atoms with E-state index in [9.17, 15) is 18.4 Å². The predicted octanol–water partition coefficient (Wildman–Crippen LogP) is 7.81. The third kappa shape index (κ3) is 4.55. The van der Waals surface area contributed by atoms with Crippen molar-refractivity contribution in [2.24, 2.45) is 0 Å². The minimum Gasteiger partial charge on any atom is -0.457 e. The molecule has 0 saturated heterocycles. The second kappa shape index (κ2) is 8.42. The molecule has 4 rings (SSSR count). The number of aromatic nitrogens is 1. The van der Waals surface area contributed by atoms with Crippen LogP contribution in [0.25, 0.3) is 34.2 Å². The smallest absolute Gasteiger partial charge is 0.416 e. The normalized spacial score (nSPS) is 12.0. The van der Waals surface area contributed by atoms with Crippen LogP contribution in [0.15, 0.2) is 70.5 Å². The van der Waals surface area contributed by atoms with Crippen LogP contribution in [0, 0.1) is 11.3 Å². The summed E-state index contributed by atoms with van der Waals surface area (Å²) in [7, 11) is 0. The maximum Gasteiger partial charge on any atom is 0.416 e. The topological polar surface area (TPSA) is 49.8 Å². The van der Waals surface area contributed by atoms with E-state index in [1.54, 1.807) is 6.07 Å². The number of benzene rings is 2. The summed E-state index contributed by atoms with van der Waals surface area (Å²) in [5.74, 6) is 0.472. The van der Waals surface area contributed by atoms with Gasteiger partial charge in [-0.25, -0.2) is 4.98 Å². The fourth-order valence-corrected chi connectivity index (χ4v) is 3.89. The van der Waals surface area contributed by atoms with Crippen LogP contribution in [0.5, 0.6) is 0 Å². The van der Waals surface area contributed by atoms with Gasteiger partial charge in [-0.05, 0) is 30.3 Å². The van der Waals surface area contributed by atoms with Crippen LogP contribution in [0.1, 0.15) is 16.3 Å². The van der Waals surface area contributed by atoms with Gasteiger partial charge in [-0.15, -0.1) is 11.3 Å². The Morgan fingerprint density at radius 1 is 1.10 bits per heavy atom. The molecule has 0 aliphatic carbocycles. The lowest BCUT2D eigenvalue weighted by atomic mass is 10.1. The largest absolute Gasteiger partial charge is 0.457 e. The number of furan rings is 1. The van der Waals surface area contributed by atoms with Gasteiger partial charge in [0.2, 0.25) is 0 Å². The Morgan fingerprint density at radius 3 is 2.58 bits per heavy atom. The van der Waals surface area contributed by atoms with Gasteiger partial charge in [0, 0.05) is 22.6 Å². The van der Waals surface area contributed by atoms with Crippen LogP contribution in [0.2, 0.25) is 5.02 Å². The third-order valence-corrected chi connectivity index (χ3v) is 5.60. The SMILES string of the molecule is N#C/C(=C\c1ccc(-c2cc(C(F)(F)F)ccc2Cl)o1)c1nc(-c2ccccc2)cs1. The van der Waals surface area contributed by atoms with Crippen LogP contribution < -0.4 is 0 Å². The molecule has 0 N–H and O–H groups in total. The molecule has 0 atom stereocenters. The Morgan fingerprint density at radius 2 is 1.87 bits per heavy atom. The molecule has 0 fully saturated rings. The van der Waals surface area contributed by atoms with Crippen molar-refractivity contribution in [3.8, 4) is 28.7 Å². The quantitative estimate of drug-likeness (QED) is 0.294. The van der Waals surface area contributed by atoms with Gasteiger partial charge in [0.25, 0.3) is 0 Å². The van der Waals surface area contributed by atoms with Crippen molar-refractivity contribution >= 4 is 34.6 Å². The number of thiazole rings is 1. The van der Waals surface area contributed by atoms with Gasteiger partial charge in [0.15, 0.2) is 0 Å². The van der Waals surface area contributed by atoms with E-state index in [1.165, 1.54) is 29.5 Å². The molecule has 3 nitrogen and oxygen atoms in total. The summed E-state index contributed by atoms with van der Waals surface area (Å²) in [5.41, 5.74) is 1.26. The molecule has 154 valence electrons. The Kier molecular flexibility index (Phi) is 5.68. The summed E-state index contributed by atoms with van der Waals surface area (Å²) in [4.78, 5) is 4.51. The molecule has 4 aromatic rings. The molecule has 2 aromatic carbocycles. The Bertz CT molecular complexity index is 1300. The van der Waals surface area contributed by atoms with E-state index in [0.717, 1.165) is 23.4 Å². The zero-order chi connectivity index (χ0) is 22.0. The first-order valence-electron chi connectivity index (χ1n) is 8.95. The first-order valence-corrected chi connectivity index (χ1v) is 10.2. The molecule has 0 aliphatic heterocycles. The monoisotopic (exact) mass is 456 g/mol. The average Bonchev–Trinajstić information content (AvgIpc) is 3.42. The lowest BCUT2D eigenvalue weighted by Crippen LogP contribution is -2.04. The molecule has 0 unspecified atom stereocenters. The molecular formula is C23H12ClF3N2OS. The highest BCUT2D eigenvalue weighted by atomic mass is 35.5. The van der Waals surface area contributed by atoms with Crippen LogP contribution >= 0.6 is 22.9 Å². The molecule has 0 amide bonds. The fourth-order valence-electron chi connectivity index (χ4n) is 2.89. The van der Waals surface area contributed by atoms with Gasteiger partial charge in [-0.2, -0.15) is 18.4 Å². The van der Waals surface area contributed by atoms with Crippen LogP contribution in [-0.2, 0) is 6.18 Å².